The van der Waals surface area contributed by atoms with E-state index in [2.05, 4.69) is 9.97 Å². The van der Waals surface area contributed by atoms with E-state index in [4.69, 9.17) is 10.5 Å². The van der Waals surface area contributed by atoms with Crippen LogP contribution in [-0.4, -0.2) is 16.7 Å². The van der Waals surface area contributed by atoms with Crippen LogP contribution in [0.2, 0.25) is 0 Å². The lowest BCUT2D eigenvalue weighted by atomic mass is 10.2. The summed E-state index contributed by atoms with van der Waals surface area (Å²) in [7, 11) is 0. The van der Waals surface area contributed by atoms with E-state index in [9.17, 15) is 4.79 Å². The highest BCUT2D eigenvalue weighted by molar-refractivity contribution is 5.84. The SMILES string of the molecule is CC.CC.CC.CC.CC.CC.NCOc1ccnc2ccccc12.O=c1cc[nH]c2ccccc12. The van der Waals surface area contributed by atoms with E-state index < -0.39 is 0 Å². The summed E-state index contributed by atoms with van der Waals surface area (Å²) in [5, 5.41) is 1.74. The fourth-order valence-electron chi connectivity index (χ4n) is 2.41. The Labute approximate surface area is 221 Å². The van der Waals surface area contributed by atoms with E-state index in [1.54, 1.807) is 12.4 Å². The van der Waals surface area contributed by atoms with Crippen molar-refractivity contribution in [3.8, 4) is 5.75 Å². The number of benzene rings is 2. The molecule has 0 fully saturated rings. The van der Waals surface area contributed by atoms with Crippen molar-refractivity contribution >= 4 is 21.8 Å². The summed E-state index contributed by atoms with van der Waals surface area (Å²) in [5.41, 5.74) is 7.19. The van der Waals surface area contributed by atoms with E-state index in [0.29, 0.717) is 0 Å². The Bertz CT molecular complexity index is 1000. The first-order valence-corrected chi connectivity index (χ1v) is 13.5. The molecule has 0 atom stereocenters. The molecule has 0 amide bonds. The third kappa shape index (κ3) is 15.7. The molecule has 204 valence electrons. The van der Waals surface area contributed by atoms with Crippen LogP contribution in [-0.2, 0) is 0 Å². The van der Waals surface area contributed by atoms with Gasteiger partial charge in [0.05, 0.1) is 5.52 Å². The van der Waals surface area contributed by atoms with Gasteiger partial charge in [0.15, 0.2) is 5.43 Å². The molecule has 2 heterocycles. The van der Waals surface area contributed by atoms with Crippen LogP contribution in [0.25, 0.3) is 21.8 Å². The second-order valence-corrected chi connectivity index (χ2v) is 5.02. The molecule has 0 aliphatic rings. The molecule has 2 aromatic carbocycles. The zero-order valence-corrected chi connectivity index (χ0v) is 25.0. The van der Waals surface area contributed by atoms with Crippen LogP contribution in [0.4, 0.5) is 0 Å². The number of pyridine rings is 2. The highest BCUT2D eigenvalue weighted by atomic mass is 16.5. The normalized spacial score (nSPS) is 7.81. The molecular weight excluding hydrogens is 446 g/mol. The van der Waals surface area contributed by atoms with E-state index in [0.717, 1.165) is 27.6 Å². The number of nitrogens with two attached hydrogens (primary N) is 1. The van der Waals surface area contributed by atoms with E-state index in [-0.39, 0.29) is 12.2 Å². The molecule has 0 saturated carbocycles. The van der Waals surface area contributed by atoms with E-state index in [1.165, 1.54) is 6.07 Å². The van der Waals surface area contributed by atoms with Gasteiger partial charge in [0.2, 0.25) is 0 Å². The van der Waals surface area contributed by atoms with Gasteiger partial charge in [-0.1, -0.05) is 107 Å². The van der Waals surface area contributed by atoms with Crippen LogP contribution in [0.3, 0.4) is 0 Å². The first-order chi connectivity index (χ1) is 17.8. The zero-order chi connectivity index (χ0) is 28.8. The molecule has 2 aromatic heterocycles. The molecule has 0 bridgehead atoms. The molecule has 3 N–H and O–H groups in total. The topological polar surface area (TPSA) is 81.0 Å². The van der Waals surface area contributed by atoms with E-state index >= 15 is 0 Å². The number of nitrogens with one attached hydrogen (secondary N) is 1. The number of aromatic amines is 1. The number of nitrogens with zero attached hydrogens (tertiary/aromatic N) is 1. The molecule has 4 aromatic rings. The second kappa shape index (κ2) is 31.8. The number of ether oxygens (including phenoxy) is 1. The van der Waals surface area contributed by atoms with Crippen molar-refractivity contribution in [3.05, 3.63) is 83.3 Å². The monoisotopic (exact) mass is 499 g/mol. The molecule has 0 radical (unpaired) electrons. The van der Waals surface area contributed by atoms with Crippen molar-refractivity contribution in [2.24, 2.45) is 5.73 Å². The molecule has 0 spiro atoms. The van der Waals surface area contributed by atoms with Crippen molar-refractivity contribution in [1.82, 2.24) is 9.97 Å². The molecule has 5 nitrogen and oxygen atoms in total. The van der Waals surface area contributed by atoms with Crippen LogP contribution in [0.1, 0.15) is 83.1 Å². The third-order valence-electron chi connectivity index (χ3n) is 3.51. The summed E-state index contributed by atoms with van der Waals surface area (Å²) in [6, 6.07) is 18.6. The standard InChI is InChI=1S/C10H10N2O.C9H7NO.6C2H6/c11-7-13-10-5-6-12-9-4-2-1-3-8(9)10;11-9-5-6-10-8-4-2-1-3-7(8)9;6*1-2/h1-6H,7,11H2;1-6H,(H,10,11);6*1-2H3. The fraction of sp³-hybridized carbons (Fsp3) is 0.419. The maximum Gasteiger partial charge on any atom is 0.189 e. The molecular formula is C31H53N3O2. The molecule has 5 heteroatoms. The summed E-state index contributed by atoms with van der Waals surface area (Å²) >= 11 is 0. The van der Waals surface area contributed by atoms with Crippen molar-refractivity contribution in [3.63, 3.8) is 0 Å². The Morgan fingerprint density at radius 2 is 1.19 bits per heavy atom. The van der Waals surface area contributed by atoms with Gasteiger partial charge in [-0.25, -0.2) is 0 Å². The Morgan fingerprint density at radius 3 is 1.72 bits per heavy atom. The van der Waals surface area contributed by atoms with Gasteiger partial charge in [0, 0.05) is 34.7 Å². The molecule has 4 rings (SSSR count). The summed E-state index contributed by atoms with van der Waals surface area (Å²) in [5.74, 6) is 0.785. The lowest BCUT2D eigenvalue weighted by Crippen LogP contribution is -2.07. The van der Waals surface area contributed by atoms with Crippen LogP contribution in [0, 0.1) is 0 Å². The maximum atomic E-state index is 11.2. The second-order valence-electron chi connectivity index (χ2n) is 5.02. The Morgan fingerprint density at radius 1 is 0.694 bits per heavy atom. The van der Waals surface area contributed by atoms with Crippen LogP contribution in [0.15, 0.2) is 77.9 Å². The summed E-state index contributed by atoms with van der Waals surface area (Å²) in [6.45, 7) is 24.2. The average molecular weight is 500 g/mol. The predicted octanol–water partition coefficient (Wildman–Crippen LogP) is 9.22. The fourth-order valence-corrected chi connectivity index (χ4v) is 2.41. The minimum atomic E-state index is 0.0688. The van der Waals surface area contributed by atoms with Crippen LogP contribution >= 0.6 is 0 Å². The summed E-state index contributed by atoms with van der Waals surface area (Å²) in [6.07, 6.45) is 3.37. The van der Waals surface area contributed by atoms with Gasteiger partial charge in [-0.2, -0.15) is 0 Å². The number of para-hydroxylation sites is 2. The highest BCUT2D eigenvalue weighted by Gasteiger charge is 1.99. The lowest BCUT2D eigenvalue weighted by Gasteiger charge is -2.05. The van der Waals surface area contributed by atoms with Gasteiger partial charge in [0.1, 0.15) is 12.5 Å². The first-order valence-electron chi connectivity index (χ1n) is 13.5. The summed E-state index contributed by atoms with van der Waals surface area (Å²) in [4.78, 5) is 18.4. The van der Waals surface area contributed by atoms with Crippen molar-refractivity contribution in [2.45, 2.75) is 83.1 Å². The quantitative estimate of drug-likeness (QED) is 0.269. The minimum Gasteiger partial charge on any atom is -0.478 e. The molecule has 36 heavy (non-hydrogen) atoms. The molecule has 0 saturated heterocycles. The van der Waals surface area contributed by atoms with Gasteiger partial charge >= 0.3 is 0 Å². The Hall–Kier alpha value is -3.18. The van der Waals surface area contributed by atoms with Gasteiger partial charge in [-0.05, 0) is 30.3 Å². The number of H-pyrrole nitrogens is 1. The van der Waals surface area contributed by atoms with Gasteiger partial charge < -0.3 is 9.72 Å². The smallest absolute Gasteiger partial charge is 0.189 e. The molecule has 0 unspecified atom stereocenters. The number of aromatic nitrogens is 2. The molecule has 0 aliphatic carbocycles. The van der Waals surface area contributed by atoms with Crippen LogP contribution in [0.5, 0.6) is 5.75 Å². The zero-order valence-electron chi connectivity index (χ0n) is 25.0. The minimum absolute atomic E-state index is 0.0688. The van der Waals surface area contributed by atoms with Gasteiger partial charge in [0.25, 0.3) is 0 Å². The average Bonchev–Trinajstić information content (AvgIpc) is 3.00. The van der Waals surface area contributed by atoms with Crippen molar-refractivity contribution < 1.29 is 4.74 Å². The molecule has 0 aliphatic heterocycles. The third-order valence-corrected chi connectivity index (χ3v) is 3.51. The first kappa shape index (κ1) is 40.0. The number of fused-ring (bicyclic) bond motifs is 2. The Kier molecular flexibility index (Phi) is 35.4. The van der Waals surface area contributed by atoms with Crippen molar-refractivity contribution in [1.29, 1.82) is 0 Å². The summed E-state index contributed by atoms with van der Waals surface area (Å²) < 4.78 is 5.26. The van der Waals surface area contributed by atoms with Gasteiger partial charge in [-0.3, -0.25) is 15.5 Å². The number of hydrogen-bond donors (Lipinski definition) is 2. The van der Waals surface area contributed by atoms with Crippen LogP contribution < -0.4 is 15.9 Å². The predicted molar refractivity (Wildman–Crippen MR) is 164 cm³/mol. The Balaban J connectivity index is -0.000000202. The van der Waals surface area contributed by atoms with E-state index in [1.807, 2.05) is 138 Å². The van der Waals surface area contributed by atoms with Crippen molar-refractivity contribution in [2.75, 3.05) is 6.73 Å². The largest absolute Gasteiger partial charge is 0.478 e. The number of rotatable bonds is 2. The highest BCUT2D eigenvalue weighted by Crippen LogP contribution is 2.22. The maximum absolute atomic E-state index is 11.2. The number of hydrogen-bond acceptors (Lipinski definition) is 4. The lowest BCUT2D eigenvalue weighted by molar-refractivity contribution is 0.333. The van der Waals surface area contributed by atoms with Gasteiger partial charge in [-0.15, -0.1) is 0 Å².